The Morgan fingerprint density at radius 1 is 1.00 bits per heavy atom. The highest BCUT2D eigenvalue weighted by Crippen LogP contribution is 2.33. The number of aryl methyl sites for hydroxylation is 1. The van der Waals surface area contributed by atoms with Crippen LogP contribution in [0.3, 0.4) is 0 Å². The van der Waals surface area contributed by atoms with E-state index in [-0.39, 0.29) is 10.6 Å². The minimum absolute atomic E-state index is 0.0761. The summed E-state index contributed by atoms with van der Waals surface area (Å²) in [6.07, 6.45) is 3.10. The van der Waals surface area contributed by atoms with Crippen LogP contribution in [0.5, 0.6) is 11.5 Å². The fourth-order valence-corrected chi connectivity index (χ4v) is 5.31. The van der Waals surface area contributed by atoms with Gasteiger partial charge in [-0.2, -0.15) is 4.31 Å². The number of carbonyl (C=O) groups is 1. The largest absolute Gasteiger partial charge is 0.455 e. The van der Waals surface area contributed by atoms with Gasteiger partial charge in [0, 0.05) is 28.1 Å². The summed E-state index contributed by atoms with van der Waals surface area (Å²) in [4.78, 5) is 12.8. The summed E-state index contributed by atoms with van der Waals surface area (Å²) in [7, 11) is -3.72. The fraction of sp³-hybridized carbons (Fsp3) is 0.192. The van der Waals surface area contributed by atoms with Crippen molar-refractivity contribution in [1.82, 2.24) is 4.31 Å². The molecule has 0 fully saturated rings. The first-order valence-electron chi connectivity index (χ1n) is 11.0. The van der Waals surface area contributed by atoms with Crippen molar-refractivity contribution in [2.24, 2.45) is 0 Å². The lowest BCUT2D eigenvalue weighted by Crippen LogP contribution is -2.30. The zero-order valence-electron chi connectivity index (χ0n) is 19.6. The lowest BCUT2D eigenvalue weighted by Gasteiger charge is -2.20. The Hall–Kier alpha value is -2.46. The highest BCUT2D eigenvalue weighted by Gasteiger charge is 2.23. The lowest BCUT2D eigenvalue weighted by atomic mass is 10.1. The normalized spacial score (nSPS) is 11.7. The van der Waals surface area contributed by atoms with Crippen LogP contribution in [0.4, 0.5) is 5.69 Å². The Kier molecular flexibility index (Phi) is 9.29. The standard InChI is InChI=1S/C26H26Br2N2O4S/c1-4-30(5-2)35(32,33)22-12-14-25(34-21-10-8-20(27)9-11-21)24(17-22)29-26(31)15-7-19-6-13-23(28)18(3)16-19/h6-17H,4-5H2,1-3H3,(H,29,31)/b15-7+. The van der Waals surface area contributed by atoms with Gasteiger partial charge in [0.2, 0.25) is 15.9 Å². The van der Waals surface area contributed by atoms with Gasteiger partial charge < -0.3 is 10.1 Å². The molecule has 0 aliphatic heterocycles. The fourth-order valence-electron chi connectivity index (χ4n) is 3.32. The van der Waals surface area contributed by atoms with E-state index in [4.69, 9.17) is 4.74 Å². The second-order valence-corrected chi connectivity index (χ2v) is 11.3. The van der Waals surface area contributed by atoms with Crippen LogP contribution >= 0.6 is 31.9 Å². The molecule has 9 heteroatoms. The Morgan fingerprint density at radius 3 is 2.31 bits per heavy atom. The van der Waals surface area contributed by atoms with Crippen molar-refractivity contribution < 1.29 is 17.9 Å². The van der Waals surface area contributed by atoms with Gasteiger partial charge in [0.05, 0.1) is 10.6 Å². The van der Waals surface area contributed by atoms with E-state index >= 15 is 0 Å². The van der Waals surface area contributed by atoms with E-state index in [0.717, 1.165) is 20.1 Å². The van der Waals surface area contributed by atoms with E-state index in [1.165, 1.54) is 22.5 Å². The minimum Gasteiger partial charge on any atom is -0.455 e. The number of anilines is 1. The molecule has 0 aromatic heterocycles. The maximum Gasteiger partial charge on any atom is 0.248 e. The molecule has 0 aliphatic carbocycles. The number of carbonyl (C=O) groups excluding carboxylic acids is 1. The summed E-state index contributed by atoms with van der Waals surface area (Å²) in [6, 6.07) is 17.4. The number of ether oxygens (including phenoxy) is 1. The van der Waals surface area contributed by atoms with E-state index in [9.17, 15) is 13.2 Å². The number of hydrogen-bond donors (Lipinski definition) is 1. The van der Waals surface area contributed by atoms with Gasteiger partial charge in [0.15, 0.2) is 5.75 Å². The smallest absolute Gasteiger partial charge is 0.248 e. The summed E-state index contributed by atoms with van der Waals surface area (Å²) < 4.78 is 35.3. The first-order valence-corrected chi connectivity index (χ1v) is 14.0. The van der Waals surface area contributed by atoms with Crippen LogP contribution in [0.1, 0.15) is 25.0 Å². The molecule has 0 aliphatic rings. The quantitative estimate of drug-likeness (QED) is 0.261. The van der Waals surface area contributed by atoms with Gasteiger partial charge in [-0.15, -0.1) is 0 Å². The van der Waals surface area contributed by atoms with E-state index in [1.54, 1.807) is 38.1 Å². The molecule has 3 aromatic carbocycles. The number of nitrogens with one attached hydrogen (secondary N) is 1. The highest BCUT2D eigenvalue weighted by molar-refractivity contribution is 9.10. The van der Waals surface area contributed by atoms with Crippen molar-refractivity contribution in [3.8, 4) is 11.5 Å². The number of benzene rings is 3. The molecule has 0 bridgehead atoms. The molecule has 184 valence electrons. The van der Waals surface area contributed by atoms with Gasteiger partial charge in [0.25, 0.3) is 0 Å². The maximum atomic E-state index is 13.1. The summed E-state index contributed by atoms with van der Waals surface area (Å²) in [6.45, 7) is 6.21. The number of halogens is 2. The third-order valence-electron chi connectivity index (χ3n) is 5.20. The van der Waals surface area contributed by atoms with Gasteiger partial charge in [-0.1, -0.05) is 57.8 Å². The summed E-state index contributed by atoms with van der Waals surface area (Å²) in [5.74, 6) is 0.458. The molecule has 3 aromatic rings. The molecular weight excluding hydrogens is 596 g/mol. The zero-order valence-corrected chi connectivity index (χ0v) is 23.6. The van der Waals surface area contributed by atoms with Crippen molar-refractivity contribution in [3.63, 3.8) is 0 Å². The highest BCUT2D eigenvalue weighted by atomic mass is 79.9. The van der Waals surface area contributed by atoms with Crippen molar-refractivity contribution in [1.29, 1.82) is 0 Å². The van der Waals surface area contributed by atoms with Crippen LogP contribution < -0.4 is 10.1 Å². The molecule has 0 radical (unpaired) electrons. The molecule has 0 saturated carbocycles. The van der Waals surface area contributed by atoms with Crippen molar-refractivity contribution in [3.05, 3.63) is 86.8 Å². The Balaban J connectivity index is 1.94. The van der Waals surface area contributed by atoms with Gasteiger partial charge in [-0.25, -0.2) is 8.42 Å². The van der Waals surface area contributed by atoms with Crippen LogP contribution in [0, 0.1) is 6.92 Å². The van der Waals surface area contributed by atoms with Crippen LogP contribution in [0.25, 0.3) is 6.08 Å². The first kappa shape index (κ1) is 27.1. The zero-order chi connectivity index (χ0) is 25.6. The molecule has 0 atom stereocenters. The molecule has 6 nitrogen and oxygen atoms in total. The average molecular weight is 622 g/mol. The van der Waals surface area contributed by atoms with Crippen LogP contribution in [-0.2, 0) is 14.8 Å². The summed E-state index contributed by atoms with van der Waals surface area (Å²) >= 11 is 6.85. The predicted molar refractivity (Wildman–Crippen MR) is 147 cm³/mol. The van der Waals surface area contributed by atoms with Crippen LogP contribution in [0.15, 0.2) is 80.6 Å². The van der Waals surface area contributed by atoms with Gasteiger partial charge in [-0.3, -0.25) is 4.79 Å². The SMILES string of the molecule is CCN(CC)S(=O)(=O)c1ccc(Oc2ccc(Br)cc2)c(NC(=O)/C=C/c2ccc(Br)c(C)c2)c1. The van der Waals surface area contributed by atoms with Crippen molar-refractivity contribution >= 4 is 59.6 Å². The van der Waals surface area contributed by atoms with E-state index in [0.29, 0.717) is 24.6 Å². The van der Waals surface area contributed by atoms with Crippen LogP contribution in [0.2, 0.25) is 0 Å². The van der Waals surface area contributed by atoms with Crippen LogP contribution in [-0.4, -0.2) is 31.7 Å². The number of amides is 1. The Bertz CT molecular complexity index is 1340. The Morgan fingerprint density at radius 2 is 1.69 bits per heavy atom. The third-order valence-corrected chi connectivity index (χ3v) is 8.67. The summed E-state index contributed by atoms with van der Waals surface area (Å²) in [5, 5.41) is 2.77. The predicted octanol–water partition coefficient (Wildman–Crippen LogP) is 6.99. The number of hydrogen-bond acceptors (Lipinski definition) is 4. The summed E-state index contributed by atoms with van der Waals surface area (Å²) in [5.41, 5.74) is 2.17. The second kappa shape index (κ2) is 12.0. The maximum absolute atomic E-state index is 13.1. The molecule has 1 N–H and O–H groups in total. The average Bonchev–Trinajstić information content (AvgIpc) is 2.83. The second-order valence-electron chi connectivity index (χ2n) is 7.63. The Labute approximate surface area is 223 Å². The topological polar surface area (TPSA) is 75.7 Å². The van der Waals surface area contributed by atoms with E-state index < -0.39 is 15.9 Å². The molecule has 0 heterocycles. The number of rotatable bonds is 9. The monoisotopic (exact) mass is 620 g/mol. The first-order chi connectivity index (χ1) is 16.6. The van der Waals surface area contributed by atoms with Crippen molar-refractivity contribution in [2.75, 3.05) is 18.4 Å². The van der Waals surface area contributed by atoms with E-state index in [2.05, 4.69) is 37.2 Å². The molecule has 0 saturated heterocycles. The number of sulfonamides is 1. The molecule has 1 amide bonds. The van der Waals surface area contributed by atoms with E-state index in [1.807, 2.05) is 37.3 Å². The van der Waals surface area contributed by atoms with Crippen molar-refractivity contribution in [2.45, 2.75) is 25.7 Å². The number of nitrogens with zero attached hydrogens (tertiary/aromatic N) is 1. The minimum atomic E-state index is -3.72. The molecule has 35 heavy (non-hydrogen) atoms. The van der Waals surface area contributed by atoms with Gasteiger partial charge in [-0.05, 0) is 72.7 Å². The molecular formula is C26H26Br2N2O4S. The van der Waals surface area contributed by atoms with Gasteiger partial charge >= 0.3 is 0 Å². The molecule has 0 spiro atoms. The lowest BCUT2D eigenvalue weighted by molar-refractivity contribution is -0.111. The van der Waals surface area contributed by atoms with Gasteiger partial charge in [0.1, 0.15) is 5.75 Å². The molecule has 3 rings (SSSR count). The third kappa shape index (κ3) is 7.04. The molecule has 0 unspecified atom stereocenters.